The molecule has 2 bridgehead atoms. The van der Waals surface area contributed by atoms with Crippen LogP contribution in [0.15, 0.2) is 11.9 Å². The minimum absolute atomic E-state index is 0.190. The Balaban J connectivity index is 1.96. The average molecular weight is 196 g/mol. The zero-order valence-corrected chi connectivity index (χ0v) is 8.69. The van der Waals surface area contributed by atoms with Crippen LogP contribution in [-0.2, 0) is 9.53 Å². The van der Waals surface area contributed by atoms with Crippen molar-refractivity contribution in [2.45, 2.75) is 19.9 Å². The predicted octanol–water partition coefficient (Wildman–Crippen LogP) is 0.411. The fourth-order valence-corrected chi connectivity index (χ4v) is 2.16. The molecule has 0 spiro atoms. The highest BCUT2D eigenvalue weighted by molar-refractivity contribution is 5.65. The van der Waals surface area contributed by atoms with Crippen molar-refractivity contribution >= 4 is 5.97 Å². The van der Waals surface area contributed by atoms with E-state index < -0.39 is 0 Å². The minimum atomic E-state index is -0.190. The van der Waals surface area contributed by atoms with Crippen molar-refractivity contribution in [1.82, 2.24) is 9.80 Å². The van der Waals surface area contributed by atoms with E-state index in [1.807, 2.05) is 0 Å². The lowest BCUT2D eigenvalue weighted by Crippen LogP contribution is -2.56. The molecule has 3 heterocycles. The Hall–Kier alpha value is -1.19. The van der Waals surface area contributed by atoms with Gasteiger partial charge in [-0.1, -0.05) is 0 Å². The van der Waals surface area contributed by atoms with Crippen LogP contribution < -0.4 is 0 Å². The van der Waals surface area contributed by atoms with E-state index in [0.717, 1.165) is 19.6 Å². The first kappa shape index (κ1) is 9.37. The number of hydrogen-bond donors (Lipinski definition) is 0. The summed E-state index contributed by atoms with van der Waals surface area (Å²) in [5.74, 6) is -0.190. The summed E-state index contributed by atoms with van der Waals surface area (Å²) in [6.07, 6.45) is 2.17. The van der Waals surface area contributed by atoms with Crippen molar-refractivity contribution < 1.29 is 9.53 Å². The summed E-state index contributed by atoms with van der Waals surface area (Å²) in [5, 5.41) is 0. The van der Waals surface area contributed by atoms with Gasteiger partial charge in [0.1, 0.15) is 6.61 Å². The molecule has 1 fully saturated rings. The third-order valence-corrected chi connectivity index (χ3v) is 2.82. The van der Waals surface area contributed by atoms with Crippen molar-refractivity contribution in [3.63, 3.8) is 0 Å². The molecule has 4 heteroatoms. The number of piperazine rings is 1. The van der Waals surface area contributed by atoms with E-state index in [2.05, 4.69) is 22.9 Å². The van der Waals surface area contributed by atoms with Gasteiger partial charge in [0.25, 0.3) is 0 Å². The molecule has 0 amide bonds. The molecule has 78 valence electrons. The monoisotopic (exact) mass is 196 g/mol. The van der Waals surface area contributed by atoms with Gasteiger partial charge in [0, 0.05) is 38.5 Å². The number of rotatable bonds is 2. The van der Waals surface area contributed by atoms with E-state index in [0.29, 0.717) is 12.6 Å². The van der Waals surface area contributed by atoms with Gasteiger partial charge in [-0.15, -0.1) is 0 Å². The normalized spacial score (nSPS) is 25.0. The maximum atomic E-state index is 10.7. The van der Waals surface area contributed by atoms with Gasteiger partial charge in [-0.2, -0.15) is 0 Å². The highest BCUT2D eigenvalue weighted by Crippen LogP contribution is 2.22. The molecule has 0 N–H and O–H groups in total. The molecule has 1 atom stereocenters. The maximum Gasteiger partial charge on any atom is 0.302 e. The number of hydrogen-bond acceptors (Lipinski definition) is 4. The molecule has 1 unspecified atom stereocenters. The van der Waals surface area contributed by atoms with E-state index in [1.54, 1.807) is 0 Å². The van der Waals surface area contributed by atoms with Crippen molar-refractivity contribution in [1.29, 1.82) is 0 Å². The maximum absolute atomic E-state index is 10.7. The van der Waals surface area contributed by atoms with Gasteiger partial charge in [0.15, 0.2) is 0 Å². The zero-order valence-electron chi connectivity index (χ0n) is 8.69. The fraction of sp³-hybridized carbons (Fsp3) is 0.700. The van der Waals surface area contributed by atoms with Crippen LogP contribution >= 0.6 is 0 Å². The molecule has 0 aromatic heterocycles. The van der Waals surface area contributed by atoms with E-state index >= 15 is 0 Å². The standard InChI is InChI=1S/C10H16N2O2/c1-8-5-11-3-4-12(8)10(6-11)7-14-9(2)13/h5,10H,3-4,6-7H2,1-2H3. The average Bonchev–Trinajstić information content (AvgIpc) is 2.15. The second kappa shape index (κ2) is 3.52. The number of nitrogens with zero attached hydrogens (tertiary/aromatic N) is 2. The quantitative estimate of drug-likeness (QED) is 0.599. The smallest absolute Gasteiger partial charge is 0.302 e. The lowest BCUT2D eigenvalue weighted by molar-refractivity contribution is -0.143. The first-order valence-corrected chi connectivity index (χ1v) is 4.99. The van der Waals surface area contributed by atoms with Gasteiger partial charge in [-0.3, -0.25) is 4.79 Å². The highest BCUT2D eigenvalue weighted by atomic mass is 16.5. The van der Waals surface area contributed by atoms with Crippen molar-refractivity contribution in [3.05, 3.63) is 11.9 Å². The molecule has 0 saturated carbocycles. The van der Waals surface area contributed by atoms with Crippen LogP contribution in [0.1, 0.15) is 13.8 Å². The van der Waals surface area contributed by atoms with E-state index in [1.165, 1.54) is 12.6 Å². The van der Waals surface area contributed by atoms with Gasteiger partial charge >= 0.3 is 5.97 Å². The number of fused-ring (bicyclic) bond motifs is 2. The summed E-state index contributed by atoms with van der Waals surface area (Å²) in [4.78, 5) is 15.3. The predicted molar refractivity (Wildman–Crippen MR) is 52.5 cm³/mol. The van der Waals surface area contributed by atoms with Crippen molar-refractivity contribution in [3.8, 4) is 0 Å². The van der Waals surface area contributed by atoms with Crippen LogP contribution in [-0.4, -0.2) is 48.1 Å². The number of allylic oxidation sites excluding steroid dienone is 1. The first-order valence-electron chi connectivity index (χ1n) is 4.99. The number of ether oxygens (including phenoxy) is 1. The summed E-state index contributed by atoms with van der Waals surface area (Å²) in [6.45, 7) is 7.19. The van der Waals surface area contributed by atoms with E-state index in [9.17, 15) is 4.79 Å². The topological polar surface area (TPSA) is 32.8 Å². The molecular weight excluding hydrogens is 180 g/mol. The third kappa shape index (κ3) is 1.69. The van der Waals surface area contributed by atoms with Crippen molar-refractivity contribution in [2.24, 2.45) is 0 Å². The molecule has 0 radical (unpaired) electrons. The second-order valence-corrected chi connectivity index (χ2v) is 3.92. The van der Waals surface area contributed by atoms with E-state index in [4.69, 9.17) is 4.74 Å². The van der Waals surface area contributed by atoms with Gasteiger partial charge in [0.05, 0.1) is 6.04 Å². The zero-order chi connectivity index (χ0) is 10.1. The molecule has 0 aromatic rings. The molecule has 4 nitrogen and oxygen atoms in total. The summed E-state index contributed by atoms with van der Waals surface area (Å²) in [5.41, 5.74) is 1.28. The lowest BCUT2D eigenvalue weighted by Gasteiger charge is -2.47. The largest absolute Gasteiger partial charge is 0.464 e. The molecule has 1 saturated heterocycles. The van der Waals surface area contributed by atoms with Crippen LogP contribution in [0.5, 0.6) is 0 Å². The Kier molecular flexibility index (Phi) is 2.35. The van der Waals surface area contributed by atoms with Gasteiger partial charge in [0.2, 0.25) is 0 Å². The molecule has 3 aliphatic heterocycles. The Morgan fingerprint density at radius 2 is 2.43 bits per heavy atom. The minimum Gasteiger partial charge on any atom is -0.464 e. The molecule has 0 aliphatic carbocycles. The summed E-state index contributed by atoms with van der Waals surface area (Å²) in [7, 11) is 0. The van der Waals surface area contributed by atoms with Crippen LogP contribution in [0.25, 0.3) is 0 Å². The Bertz CT molecular complexity index is 275. The van der Waals surface area contributed by atoms with Crippen LogP contribution in [0.4, 0.5) is 0 Å². The summed E-state index contributed by atoms with van der Waals surface area (Å²) < 4.78 is 5.05. The second-order valence-electron chi connectivity index (χ2n) is 3.92. The van der Waals surface area contributed by atoms with Crippen LogP contribution in [0.2, 0.25) is 0 Å². The number of carbonyl (C=O) groups is 1. The lowest BCUT2D eigenvalue weighted by atomic mass is 10.1. The molecular formula is C10H16N2O2. The van der Waals surface area contributed by atoms with E-state index in [-0.39, 0.29) is 5.97 Å². The Morgan fingerprint density at radius 1 is 1.64 bits per heavy atom. The van der Waals surface area contributed by atoms with Gasteiger partial charge < -0.3 is 14.5 Å². The SMILES string of the molecule is CC(=O)OCC1CN2C=C(C)N1CC2. The van der Waals surface area contributed by atoms with Gasteiger partial charge in [-0.05, 0) is 6.92 Å². The van der Waals surface area contributed by atoms with Crippen LogP contribution in [0, 0.1) is 0 Å². The van der Waals surface area contributed by atoms with Crippen LogP contribution in [0.3, 0.4) is 0 Å². The Morgan fingerprint density at radius 3 is 3.00 bits per heavy atom. The first-order chi connectivity index (χ1) is 6.66. The van der Waals surface area contributed by atoms with Crippen molar-refractivity contribution in [2.75, 3.05) is 26.2 Å². The van der Waals surface area contributed by atoms with Gasteiger partial charge in [-0.25, -0.2) is 0 Å². The number of carbonyl (C=O) groups excluding carboxylic acids is 1. The molecule has 0 aromatic carbocycles. The molecule has 14 heavy (non-hydrogen) atoms. The fourth-order valence-electron chi connectivity index (χ4n) is 2.16. The summed E-state index contributed by atoms with van der Waals surface area (Å²) >= 11 is 0. The Labute approximate surface area is 84.1 Å². The molecule has 3 rings (SSSR count). The third-order valence-electron chi connectivity index (χ3n) is 2.82. The summed E-state index contributed by atoms with van der Waals surface area (Å²) in [6, 6.07) is 0.345. The number of esters is 1. The molecule has 3 aliphatic rings. The highest BCUT2D eigenvalue weighted by Gasteiger charge is 2.30.